The number of anilines is 1. The Morgan fingerprint density at radius 2 is 1.81 bits per heavy atom. The molecule has 0 unspecified atom stereocenters. The Morgan fingerprint density at radius 3 is 2.48 bits per heavy atom. The Kier molecular flexibility index (Phi) is 7.32. The molecule has 2 N–H and O–H groups in total. The van der Waals surface area contributed by atoms with E-state index in [2.05, 4.69) is 33.1 Å². The highest BCUT2D eigenvalue weighted by Crippen LogP contribution is 2.15. The van der Waals surface area contributed by atoms with Crippen molar-refractivity contribution in [3.63, 3.8) is 0 Å². The molecule has 6 nitrogen and oxygen atoms in total. The SMILES string of the molecule is C=CC(=O)Nc1cccc(CC(=O)NCCS(=O)(=O)c2ccc(Br)cc2)c1. The predicted molar refractivity (Wildman–Crippen MR) is 108 cm³/mol. The molecule has 0 radical (unpaired) electrons. The van der Waals surface area contributed by atoms with Crippen molar-refractivity contribution in [3.05, 3.63) is 71.2 Å². The largest absolute Gasteiger partial charge is 0.355 e. The van der Waals surface area contributed by atoms with Crippen LogP contribution in [0, 0.1) is 0 Å². The fraction of sp³-hybridized carbons (Fsp3) is 0.158. The molecule has 2 amide bonds. The number of carbonyl (C=O) groups is 2. The van der Waals surface area contributed by atoms with Crippen LogP contribution in [-0.2, 0) is 25.8 Å². The van der Waals surface area contributed by atoms with E-state index in [1.807, 2.05) is 0 Å². The average molecular weight is 451 g/mol. The Morgan fingerprint density at radius 1 is 1.11 bits per heavy atom. The Bertz CT molecular complexity index is 940. The van der Waals surface area contributed by atoms with E-state index >= 15 is 0 Å². The summed E-state index contributed by atoms with van der Waals surface area (Å²) < 4.78 is 25.3. The van der Waals surface area contributed by atoms with Crippen LogP contribution >= 0.6 is 15.9 Å². The first-order valence-electron chi connectivity index (χ1n) is 8.07. The number of nitrogens with one attached hydrogen (secondary N) is 2. The minimum Gasteiger partial charge on any atom is -0.355 e. The van der Waals surface area contributed by atoms with Crippen molar-refractivity contribution in [1.29, 1.82) is 0 Å². The van der Waals surface area contributed by atoms with Gasteiger partial charge in [0, 0.05) is 16.7 Å². The highest BCUT2D eigenvalue weighted by atomic mass is 79.9. The quantitative estimate of drug-likeness (QED) is 0.604. The lowest BCUT2D eigenvalue weighted by molar-refractivity contribution is -0.120. The second-order valence-corrected chi connectivity index (χ2v) is 8.72. The molecule has 0 fully saturated rings. The molecule has 2 aromatic rings. The first-order chi connectivity index (χ1) is 12.8. The number of hydrogen-bond acceptors (Lipinski definition) is 4. The van der Waals surface area contributed by atoms with Crippen molar-refractivity contribution in [2.45, 2.75) is 11.3 Å². The molecule has 0 heterocycles. The Labute approximate surface area is 166 Å². The summed E-state index contributed by atoms with van der Waals surface area (Å²) in [5.74, 6) is -0.821. The third kappa shape index (κ3) is 6.65. The van der Waals surface area contributed by atoms with Gasteiger partial charge in [-0.3, -0.25) is 9.59 Å². The van der Waals surface area contributed by atoms with E-state index in [-0.39, 0.29) is 35.4 Å². The Balaban J connectivity index is 1.87. The van der Waals surface area contributed by atoms with Crippen molar-refractivity contribution in [1.82, 2.24) is 5.32 Å². The third-order valence-electron chi connectivity index (χ3n) is 3.61. The van der Waals surface area contributed by atoms with Crippen LogP contribution in [0.25, 0.3) is 0 Å². The summed E-state index contributed by atoms with van der Waals surface area (Å²) in [5, 5.41) is 5.23. The molecule has 0 saturated carbocycles. The van der Waals surface area contributed by atoms with Crippen molar-refractivity contribution >= 4 is 43.3 Å². The second kappa shape index (κ2) is 9.48. The van der Waals surface area contributed by atoms with Crippen LogP contribution in [0.3, 0.4) is 0 Å². The van der Waals surface area contributed by atoms with Gasteiger partial charge in [0.15, 0.2) is 9.84 Å². The van der Waals surface area contributed by atoms with E-state index < -0.39 is 9.84 Å². The number of rotatable bonds is 8. The van der Waals surface area contributed by atoms with Gasteiger partial charge in [0.25, 0.3) is 0 Å². The van der Waals surface area contributed by atoms with E-state index in [4.69, 9.17) is 0 Å². The molecule has 0 saturated heterocycles. The molecule has 0 bridgehead atoms. The van der Waals surface area contributed by atoms with Gasteiger partial charge in [0.05, 0.1) is 17.1 Å². The first-order valence-corrected chi connectivity index (χ1v) is 10.5. The minimum atomic E-state index is -3.46. The standard InChI is InChI=1S/C19H19BrN2O4S/c1-2-18(23)22-16-5-3-4-14(12-16)13-19(24)21-10-11-27(25,26)17-8-6-15(20)7-9-17/h2-9,12H,1,10-11,13H2,(H,21,24)(H,22,23). The molecule has 27 heavy (non-hydrogen) atoms. The molecule has 2 aromatic carbocycles. The van der Waals surface area contributed by atoms with Crippen LogP contribution in [0.4, 0.5) is 5.69 Å². The van der Waals surface area contributed by atoms with Gasteiger partial charge in [-0.05, 0) is 48.0 Å². The van der Waals surface area contributed by atoms with E-state index in [1.54, 1.807) is 36.4 Å². The maximum atomic E-state index is 12.2. The van der Waals surface area contributed by atoms with Crippen LogP contribution in [0.15, 0.2) is 70.6 Å². The van der Waals surface area contributed by atoms with Crippen LogP contribution in [0.2, 0.25) is 0 Å². The monoisotopic (exact) mass is 450 g/mol. The van der Waals surface area contributed by atoms with Crippen LogP contribution in [-0.4, -0.2) is 32.5 Å². The van der Waals surface area contributed by atoms with Crippen molar-refractivity contribution < 1.29 is 18.0 Å². The normalized spacial score (nSPS) is 10.9. The maximum absolute atomic E-state index is 12.2. The number of benzene rings is 2. The zero-order chi connectivity index (χ0) is 19.9. The van der Waals surface area contributed by atoms with Gasteiger partial charge in [-0.1, -0.05) is 34.6 Å². The van der Waals surface area contributed by atoms with E-state index in [1.165, 1.54) is 12.1 Å². The zero-order valence-electron chi connectivity index (χ0n) is 14.4. The smallest absolute Gasteiger partial charge is 0.247 e. The number of amides is 2. The minimum absolute atomic E-state index is 0.0180. The molecule has 0 aliphatic carbocycles. The molecule has 142 valence electrons. The van der Waals surface area contributed by atoms with Crippen molar-refractivity contribution in [2.24, 2.45) is 0 Å². The summed E-state index contributed by atoms with van der Waals surface area (Å²) in [7, 11) is -3.46. The zero-order valence-corrected chi connectivity index (χ0v) is 16.8. The van der Waals surface area contributed by atoms with Crippen molar-refractivity contribution in [3.8, 4) is 0 Å². The van der Waals surface area contributed by atoms with E-state index in [0.717, 1.165) is 10.5 Å². The summed E-state index contributed by atoms with van der Waals surface area (Å²) in [6.45, 7) is 3.40. The average Bonchev–Trinajstić information content (AvgIpc) is 2.62. The van der Waals surface area contributed by atoms with Crippen LogP contribution in [0.5, 0.6) is 0 Å². The fourth-order valence-electron chi connectivity index (χ4n) is 2.28. The molecule has 0 aromatic heterocycles. The van der Waals surface area contributed by atoms with Crippen LogP contribution in [0.1, 0.15) is 5.56 Å². The topological polar surface area (TPSA) is 92.3 Å². The van der Waals surface area contributed by atoms with Gasteiger partial charge in [-0.2, -0.15) is 0 Å². The molecule has 2 rings (SSSR count). The van der Waals surface area contributed by atoms with E-state index in [9.17, 15) is 18.0 Å². The van der Waals surface area contributed by atoms with Gasteiger partial charge >= 0.3 is 0 Å². The van der Waals surface area contributed by atoms with Crippen molar-refractivity contribution in [2.75, 3.05) is 17.6 Å². The predicted octanol–water partition coefficient (Wildman–Crippen LogP) is 2.71. The molecule has 0 aliphatic rings. The van der Waals surface area contributed by atoms with Gasteiger partial charge in [0.2, 0.25) is 11.8 Å². The molecular formula is C19H19BrN2O4S. The number of sulfone groups is 1. The number of hydrogen-bond donors (Lipinski definition) is 2. The number of halogens is 1. The van der Waals surface area contributed by atoms with Crippen LogP contribution < -0.4 is 10.6 Å². The maximum Gasteiger partial charge on any atom is 0.247 e. The molecule has 0 spiro atoms. The van der Waals surface area contributed by atoms with Gasteiger partial charge in [-0.25, -0.2) is 8.42 Å². The summed E-state index contributed by atoms with van der Waals surface area (Å²) in [6, 6.07) is 13.2. The van der Waals surface area contributed by atoms with Gasteiger partial charge in [-0.15, -0.1) is 0 Å². The number of carbonyl (C=O) groups excluding carboxylic acids is 2. The molecular weight excluding hydrogens is 432 g/mol. The summed E-state index contributed by atoms with van der Waals surface area (Å²) >= 11 is 3.26. The molecule has 0 aliphatic heterocycles. The summed E-state index contributed by atoms with van der Waals surface area (Å²) in [6.07, 6.45) is 1.24. The third-order valence-corrected chi connectivity index (χ3v) is 5.87. The second-order valence-electron chi connectivity index (χ2n) is 5.69. The fourth-order valence-corrected chi connectivity index (χ4v) is 3.71. The molecule has 8 heteroatoms. The highest BCUT2D eigenvalue weighted by Gasteiger charge is 2.14. The van der Waals surface area contributed by atoms with Gasteiger partial charge < -0.3 is 10.6 Å². The molecule has 0 atom stereocenters. The lowest BCUT2D eigenvalue weighted by Gasteiger charge is -2.08. The van der Waals surface area contributed by atoms with Gasteiger partial charge in [0.1, 0.15) is 0 Å². The van der Waals surface area contributed by atoms with E-state index in [0.29, 0.717) is 11.3 Å². The Hall–Kier alpha value is -2.45. The lowest BCUT2D eigenvalue weighted by Crippen LogP contribution is -2.30. The summed E-state index contributed by atoms with van der Waals surface area (Å²) in [5.41, 5.74) is 1.26. The highest BCUT2D eigenvalue weighted by molar-refractivity contribution is 9.10. The lowest BCUT2D eigenvalue weighted by atomic mass is 10.1. The summed E-state index contributed by atoms with van der Waals surface area (Å²) in [4.78, 5) is 23.6. The first kappa shape index (κ1) is 20.9.